The lowest BCUT2D eigenvalue weighted by Gasteiger charge is -2.30. The van der Waals surface area contributed by atoms with Crippen molar-refractivity contribution in [2.75, 3.05) is 33.4 Å². The first-order valence-corrected chi connectivity index (χ1v) is 14.9. The van der Waals surface area contributed by atoms with Gasteiger partial charge in [-0.05, 0) is 60.9 Å². The highest BCUT2D eigenvalue weighted by atomic mass is 35.5. The smallest absolute Gasteiger partial charge is 0.286 e. The zero-order chi connectivity index (χ0) is 27.8. The Morgan fingerprint density at radius 3 is 2.44 bits per heavy atom. The molecule has 9 nitrogen and oxygen atoms in total. The zero-order valence-electron chi connectivity index (χ0n) is 21.9. The first-order chi connectivity index (χ1) is 18.8. The van der Waals surface area contributed by atoms with Gasteiger partial charge in [-0.15, -0.1) is 0 Å². The lowest BCUT2D eigenvalue weighted by Crippen LogP contribution is -2.39. The Kier molecular flexibility index (Phi) is 10.3. The molecule has 0 radical (unpaired) electrons. The number of carbonyl (C=O) groups is 1. The summed E-state index contributed by atoms with van der Waals surface area (Å²) in [5, 5.41) is 13.2. The molecule has 1 heterocycles. The molecule has 39 heavy (non-hydrogen) atoms. The van der Waals surface area contributed by atoms with Crippen molar-refractivity contribution < 1.29 is 32.5 Å². The summed E-state index contributed by atoms with van der Waals surface area (Å²) in [5.74, 6) is 0.299. The Morgan fingerprint density at radius 2 is 1.79 bits per heavy atom. The number of rotatable bonds is 12. The third-order valence-corrected chi connectivity index (χ3v) is 9.13. The second-order valence-electron chi connectivity index (χ2n) is 9.60. The van der Waals surface area contributed by atoms with E-state index in [-0.39, 0.29) is 54.8 Å². The fourth-order valence-corrected chi connectivity index (χ4v) is 6.37. The molecule has 1 amide bonds. The van der Waals surface area contributed by atoms with Gasteiger partial charge in [-0.3, -0.25) is 4.79 Å². The largest absolute Gasteiger partial charge is 0.497 e. The highest BCUT2D eigenvalue weighted by molar-refractivity contribution is 7.89. The van der Waals surface area contributed by atoms with E-state index in [4.69, 9.17) is 25.8 Å². The minimum atomic E-state index is -3.88. The second kappa shape index (κ2) is 13.6. The van der Waals surface area contributed by atoms with Crippen LogP contribution < -0.4 is 10.1 Å². The highest BCUT2D eigenvalue weighted by Crippen LogP contribution is 2.32. The summed E-state index contributed by atoms with van der Waals surface area (Å²) in [6.45, 7) is -0.438. The number of amides is 1. The van der Waals surface area contributed by atoms with E-state index in [1.165, 1.54) is 19.2 Å². The van der Waals surface area contributed by atoms with E-state index in [0.29, 0.717) is 17.2 Å². The molecule has 2 atom stereocenters. The van der Waals surface area contributed by atoms with Crippen molar-refractivity contribution >= 4 is 27.5 Å². The molecule has 0 bridgehead atoms. The van der Waals surface area contributed by atoms with Crippen LogP contribution in [0.2, 0.25) is 5.02 Å². The maximum absolute atomic E-state index is 13.2. The Labute approximate surface area is 234 Å². The number of ether oxygens (including phenoxy) is 3. The first-order valence-electron chi connectivity index (χ1n) is 13.1. The number of carbonyl (C=O) groups excluding carboxylic acids is 1. The molecule has 1 saturated carbocycles. The van der Waals surface area contributed by atoms with Crippen LogP contribution in [0.1, 0.15) is 43.6 Å². The predicted molar refractivity (Wildman–Crippen MR) is 147 cm³/mol. The van der Waals surface area contributed by atoms with Crippen LogP contribution in [-0.2, 0) is 24.3 Å². The van der Waals surface area contributed by atoms with Crippen molar-refractivity contribution in [2.24, 2.45) is 0 Å². The van der Waals surface area contributed by atoms with E-state index in [2.05, 4.69) is 5.32 Å². The number of benzene rings is 2. The molecular weight excluding hydrogens is 544 g/mol. The molecule has 2 aliphatic rings. The highest BCUT2D eigenvalue weighted by Gasteiger charge is 2.31. The summed E-state index contributed by atoms with van der Waals surface area (Å²) >= 11 is 6.07. The van der Waals surface area contributed by atoms with Crippen LogP contribution in [0.3, 0.4) is 0 Å². The van der Waals surface area contributed by atoms with Crippen molar-refractivity contribution in [3.63, 3.8) is 0 Å². The van der Waals surface area contributed by atoms with Crippen LogP contribution in [-0.4, -0.2) is 69.5 Å². The first kappa shape index (κ1) is 29.4. The van der Waals surface area contributed by atoms with E-state index in [9.17, 15) is 18.3 Å². The van der Waals surface area contributed by atoms with E-state index < -0.39 is 16.3 Å². The molecule has 2 N–H and O–H groups in total. The number of nitrogens with one attached hydrogen (secondary N) is 1. The minimum absolute atomic E-state index is 0.00487. The average Bonchev–Trinajstić information content (AvgIpc) is 3.46. The summed E-state index contributed by atoms with van der Waals surface area (Å²) < 4.78 is 44.6. The maximum Gasteiger partial charge on any atom is 0.286 e. The monoisotopic (exact) mass is 578 g/mol. The third kappa shape index (κ3) is 7.73. The lowest BCUT2D eigenvalue weighted by molar-refractivity contribution is -0.146. The van der Waals surface area contributed by atoms with E-state index >= 15 is 0 Å². The molecule has 2 aromatic rings. The zero-order valence-corrected chi connectivity index (χ0v) is 23.5. The second-order valence-corrected chi connectivity index (χ2v) is 12.0. The number of methoxy groups -OCH3 is 1. The molecule has 2 aromatic carbocycles. The van der Waals surface area contributed by atoms with Gasteiger partial charge in [0.2, 0.25) is 16.3 Å². The summed E-state index contributed by atoms with van der Waals surface area (Å²) in [6, 6.07) is 13.6. The normalized spacial score (nSPS) is 19.9. The lowest BCUT2D eigenvalue weighted by atomic mass is 9.93. The van der Waals surface area contributed by atoms with Crippen molar-refractivity contribution in [3.8, 4) is 5.75 Å². The van der Waals surface area contributed by atoms with E-state index in [1.54, 1.807) is 30.3 Å². The van der Waals surface area contributed by atoms with Gasteiger partial charge in [-0.25, -0.2) is 8.42 Å². The van der Waals surface area contributed by atoms with Crippen LogP contribution in [0.5, 0.6) is 5.75 Å². The van der Waals surface area contributed by atoms with Gasteiger partial charge in [0.15, 0.2) is 5.76 Å². The molecule has 0 aromatic heterocycles. The van der Waals surface area contributed by atoms with Crippen molar-refractivity contribution in [2.45, 2.75) is 55.2 Å². The predicted octanol–water partition coefficient (Wildman–Crippen LogP) is 3.82. The van der Waals surface area contributed by atoms with Gasteiger partial charge in [0.1, 0.15) is 5.75 Å². The summed E-state index contributed by atoms with van der Waals surface area (Å²) in [6.07, 6.45) is 5.56. The van der Waals surface area contributed by atoms with Gasteiger partial charge in [-0.2, -0.15) is 4.31 Å². The molecular formula is C28H35ClN2O7S. The summed E-state index contributed by atoms with van der Waals surface area (Å²) in [5.41, 5.74) is 0.964. The summed E-state index contributed by atoms with van der Waals surface area (Å²) in [4.78, 5) is 13.1. The fourth-order valence-electron chi connectivity index (χ4n) is 4.83. The Bertz CT molecular complexity index is 1230. The van der Waals surface area contributed by atoms with Gasteiger partial charge in [0.05, 0.1) is 25.2 Å². The van der Waals surface area contributed by atoms with Gasteiger partial charge in [-0.1, -0.05) is 36.6 Å². The third-order valence-electron chi connectivity index (χ3n) is 6.96. The number of hydrogen-bond donors (Lipinski definition) is 2. The molecule has 0 saturated heterocycles. The Balaban J connectivity index is 1.44. The Morgan fingerprint density at radius 1 is 1.10 bits per heavy atom. The van der Waals surface area contributed by atoms with Gasteiger partial charge in [0.25, 0.3) is 5.91 Å². The van der Waals surface area contributed by atoms with Crippen molar-refractivity contribution in [3.05, 3.63) is 71.0 Å². The van der Waals surface area contributed by atoms with Gasteiger partial charge >= 0.3 is 0 Å². The van der Waals surface area contributed by atoms with E-state index in [1.807, 2.05) is 12.1 Å². The van der Waals surface area contributed by atoms with E-state index in [0.717, 1.165) is 35.6 Å². The standard InChI is InChI=1S/C28H35ClN2O7S/c1-36-24-10-12-25(13-11-24)39(34,35)31(14-16-32)15-17-37-27-19-21(20-6-8-22(29)9-7-20)18-26(38-27)28(33)30-23-4-2-3-5-23/h6-13,18,21,23,27,32H,2-5,14-17,19H2,1H3,(H,30,33)/t21-,27+/m0/s1. The number of allylic oxidation sites excluding steroid dienone is 1. The number of aliphatic hydroxyl groups excluding tert-OH is 1. The molecule has 1 aliphatic heterocycles. The molecule has 0 spiro atoms. The fraction of sp³-hybridized carbons (Fsp3) is 0.464. The molecule has 0 unspecified atom stereocenters. The Hall–Kier alpha value is -2.63. The SMILES string of the molecule is COc1ccc(S(=O)(=O)N(CCO)CCO[C@H]2C[C@@H](c3ccc(Cl)cc3)C=C(C(=O)NC3CCCC3)O2)cc1. The number of nitrogens with zero attached hydrogens (tertiary/aromatic N) is 1. The number of hydrogen-bond acceptors (Lipinski definition) is 7. The molecule has 1 fully saturated rings. The number of aliphatic hydroxyl groups is 1. The van der Waals surface area contributed by atoms with Crippen molar-refractivity contribution in [1.29, 1.82) is 0 Å². The maximum atomic E-state index is 13.2. The van der Waals surface area contributed by atoms with Gasteiger partial charge in [0, 0.05) is 36.5 Å². The quantitative estimate of drug-likeness (QED) is 0.393. The topological polar surface area (TPSA) is 114 Å². The molecule has 1 aliphatic carbocycles. The molecule has 11 heteroatoms. The minimum Gasteiger partial charge on any atom is -0.497 e. The van der Waals surface area contributed by atoms with Gasteiger partial charge < -0.3 is 24.6 Å². The van der Waals surface area contributed by atoms with Crippen LogP contribution in [0.4, 0.5) is 0 Å². The van der Waals surface area contributed by atoms with Crippen LogP contribution in [0.15, 0.2) is 65.3 Å². The van der Waals surface area contributed by atoms with Crippen LogP contribution >= 0.6 is 11.6 Å². The van der Waals surface area contributed by atoms with Crippen LogP contribution in [0.25, 0.3) is 0 Å². The van der Waals surface area contributed by atoms with Crippen LogP contribution in [0, 0.1) is 0 Å². The molecule has 4 rings (SSSR count). The molecule has 212 valence electrons. The number of sulfonamides is 1. The average molecular weight is 579 g/mol. The number of halogens is 1. The summed E-state index contributed by atoms with van der Waals surface area (Å²) in [7, 11) is -2.38. The van der Waals surface area contributed by atoms with Crippen molar-refractivity contribution in [1.82, 2.24) is 9.62 Å².